The molecular formula is C19H19N5O2. The largest absolute Gasteiger partial charge is 0.492 e. The molecule has 7 nitrogen and oxygen atoms in total. The van der Waals surface area contributed by atoms with Gasteiger partial charge in [-0.25, -0.2) is 0 Å². The number of nitrogens with zero attached hydrogens (tertiary/aromatic N) is 4. The van der Waals surface area contributed by atoms with E-state index in [1.807, 2.05) is 55.6 Å². The molecule has 1 aromatic heterocycles. The van der Waals surface area contributed by atoms with Gasteiger partial charge in [-0.1, -0.05) is 36.4 Å². The zero-order valence-corrected chi connectivity index (χ0v) is 14.4. The molecule has 0 spiro atoms. The van der Waals surface area contributed by atoms with Crippen LogP contribution >= 0.6 is 0 Å². The quantitative estimate of drug-likeness (QED) is 0.779. The molecule has 0 aliphatic carbocycles. The van der Waals surface area contributed by atoms with Crippen LogP contribution < -0.4 is 4.74 Å². The van der Waals surface area contributed by atoms with Gasteiger partial charge in [0, 0.05) is 19.2 Å². The van der Waals surface area contributed by atoms with E-state index in [-0.39, 0.29) is 11.8 Å². The maximum atomic E-state index is 12.8. The van der Waals surface area contributed by atoms with Crippen molar-refractivity contribution in [3.8, 4) is 17.1 Å². The minimum atomic E-state index is -0.157. The Bertz CT molecular complexity index is 910. The van der Waals surface area contributed by atoms with Crippen molar-refractivity contribution in [2.75, 3.05) is 13.7 Å². The van der Waals surface area contributed by atoms with Gasteiger partial charge in [-0.2, -0.15) is 5.21 Å². The van der Waals surface area contributed by atoms with Gasteiger partial charge in [0.15, 0.2) is 0 Å². The molecule has 3 aromatic rings. The van der Waals surface area contributed by atoms with Crippen LogP contribution in [0.2, 0.25) is 0 Å². The van der Waals surface area contributed by atoms with Crippen LogP contribution in [0.1, 0.15) is 11.1 Å². The number of hydrogen-bond acceptors (Lipinski definition) is 5. The van der Waals surface area contributed by atoms with Crippen LogP contribution in [0.4, 0.5) is 0 Å². The second-order valence-corrected chi connectivity index (χ2v) is 6.45. The van der Waals surface area contributed by atoms with Gasteiger partial charge < -0.3 is 9.64 Å². The Hall–Kier alpha value is -3.22. The number of H-pyrrole nitrogens is 1. The van der Waals surface area contributed by atoms with E-state index in [0.717, 1.165) is 22.4 Å². The summed E-state index contributed by atoms with van der Waals surface area (Å²) in [5, 5.41) is 14.0. The highest BCUT2D eigenvalue weighted by molar-refractivity contribution is 5.79. The summed E-state index contributed by atoms with van der Waals surface area (Å²) in [6.07, 6.45) is 0.711. The molecule has 132 valence electrons. The summed E-state index contributed by atoms with van der Waals surface area (Å²) < 4.78 is 5.75. The number of aromatic amines is 1. The standard InChI is InChI=1S/C19H19N5O2/c1-24(11-13-5-4-7-15(9-13)18-20-22-23-21-18)19(25)16-10-14-6-2-3-8-17(14)26-12-16/h2-9,16H,10-12H2,1H3,(H,20,21,22,23)/t16-/m1/s1. The number of carbonyl (C=O) groups is 1. The Balaban J connectivity index is 1.44. The molecule has 0 saturated heterocycles. The molecule has 0 bridgehead atoms. The van der Waals surface area contributed by atoms with Crippen molar-refractivity contribution in [3.05, 3.63) is 59.7 Å². The number of rotatable bonds is 4. The van der Waals surface area contributed by atoms with Crippen molar-refractivity contribution in [1.82, 2.24) is 25.5 Å². The third-order valence-electron chi connectivity index (χ3n) is 4.55. The Morgan fingerprint density at radius 3 is 3.00 bits per heavy atom. The monoisotopic (exact) mass is 349 g/mol. The summed E-state index contributed by atoms with van der Waals surface area (Å²) in [5.74, 6) is 1.35. The Labute approximate surface area is 151 Å². The number of para-hydroxylation sites is 1. The normalized spacial score (nSPS) is 15.8. The number of tetrazole rings is 1. The lowest BCUT2D eigenvalue weighted by molar-refractivity contribution is -0.136. The Morgan fingerprint density at radius 2 is 2.15 bits per heavy atom. The zero-order chi connectivity index (χ0) is 17.9. The van der Waals surface area contributed by atoms with Crippen molar-refractivity contribution in [1.29, 1.82) is 0 Å². The lowest BCUT2D eigenvalue weighted by atomic mass is 9.95. The topological polar surface area (TPSA) is 84.0 Å². The van der Waals surface area contributed by atoms with Gasteiger partial charge in [-0.15, -0.1) is 10.2 Å². The predicted molar refractivity (Wildman–Crippen MR) is 95.2 cm³/mol. The molecule has 1 N–H and O–H groups in total. The maximum absolute atomic E-state index is 12.8. The average Bonchev–Trinajstić information content (AvgIpc) is 3.22. The molecule has 0 unspecified atom stereocenters. The molecule has 1 amide bonds. The number of carbonyl (C=O) groups excluding carboxylic acids is 1. The molecular weight excluding hydrogens is 330 g/mol. The highest BCUT2D eigenvalue weighted by atomic mass is 16.5. The van der Waals surface area contributed by atoms with Gasteiger partial charge in [-0.05, 0) is 34.9 Å². The number of amides is 1. The van der Waals surface area contributed by atoms with E-state index >= 15 is 0 Å². The van der Waals surface area contributed by atoms with E-state index in [2.05, 4.69) is 20.6 Å². The van der Waals surface area contributed by atoms with Gasteiger partial charge in [0.25, 0.3) is 0 Å². The van der Waals surface area contributed by atoms with E-state index in [1.54, 1.807) is 4.90 Å². The molecule has 4 rings (SSSR count). The van der Waals surface area contributed by atoms with Gasteiger partial charge in [-0.3, -0.25) is 4.79 Å². The summed E-state index contributed by atoms with van der Waals surface area (Å²) in [6.45, 7) is 0.936. The smallest absolute Gasteiger partial charge is 0.229 e. The van der Waals surface area contributed by atoms with Crippen LogP contribution in [-0.2, 0) is 17.8 Å². The summed E-state index contributed by atoms with van der Waals surface area (Å²) in [7, 11) is 1.82. The van der Waals surface area contributed by atoms with Crippen molar-refractivity contribution < 1.29 is 9.53 Å². The number of aromatic nitrogens is 4. The molecule has 1 aliphatic heterocycles. The third kappa shape index (κ3) is 3.28. The number of hydrogen-bond donors (Lipinski definition) is 1. The van der Waals surface area contributed by atoms with E-state index in [4.69, 9.17) is 4.74 Å². The lowest BCUT2D eigenvalue weighted by Crippen LogP contribution is -2.38. The second kappa shape index (κ2) is 6.95. The van der Waals surface area contributed by atoms with Crippen LogP contribution in [0.5, 0.6) is 5.75 Å². The van der Waals surface area contributed by atoms with Crippen molar-refractivity contribution >= 4 is 5.91 Å². The van der Waals surface area contributed by atoms with Gasteiger partial charge in [0.05, 0.1) is 5.92 Å². The summed E-state index contributed by atoms with van der Waals surface area (Å²) in [4.78, 5) is 14.6. The Morgan fingerprint density at radius 1 is 1.27 bits per heavy atom. The first kappa shape index (κ1) is 16.3. The highest BCUT2D eigenvalue weighted by Crippen LogP contribution is 2.28. The fourth-order valence-corrected chi connectivity index (χ4v) is 3.24. The zero-order valence-electron chi connectivity index (χ0n) is 14.4. The lowest BCUT2D eigenvalue weighted by Gasteiger charge is -2.28. The van der Waals surface area contributed by atoms with E-state index in [0.29, 0.717) is 25.4 Å². The number of ether oxygens (including phenoxy) is 1. The molecule has 2 aromatic carbocycles. The third-order valence-corrected chi connectivity index (χ3v) is 4.55. The first-order valence-electron chi connectivity index (χ1n) is 8.49. The SMILES string of the molecule is CN(Cc1cccc(-c2nn[nH]n2)c1)C(=O)[C@H]1COc2ccccc2C1. The van der Waals surface area contributed by atoms with Gasteiger partial charge in [0.2, 0.25) is 11.7 Å². The molecule has 0 fully saturated rings. The van der Waals surface area contributed by atoms with Crippen molar-refractivity contribution in [3.63, 3.8) is 0 Å². The maximum Gasteiger partial charge on any atom is 0.229 e. The first-order valence-corrected chi connectivity index (χ1v) is 8.49. The molecule has 26 heavy (non-hydrogen) atoms. The highest BCUT2D eigenvalue weighted by Gasteiger charge is 2.28. The van der Waals surface area contributed by atoms with Crippen LogP contribution in [0, 0.1) is 5.92 Å². The number of fused-ring (bicyclic) bond motifs is 1. The van der Waals surface area contributed by atoms with Gasteiger partial charge >= 0.3 is 0 Å². The summed E-state index contributed by atoms with van der Waals surface area (Å²) >= 11 is 0. The molecule has 2 heterocycles. The predicted octanol–water partition coefficient (Wildman–Crippen LogP) is 2.08. The van der Waals surface area contributed by atoms with Crippen LogP contribution in [-0.4, -0.2) is 45.1 Å². The Kier molecular flexibility index (Phi) is 4.35. The van der Waals surface area contributed by atoms with Crippen LogP contribution in [0.25, 0.3) is 11.4 Å². The molecule has 0 radical (unpaired) electrons. The molecule has 0 saturated carbocycles. The van der Waals surface area contributed by atoms with E-state index in [9.17, 15) is 4.79 Å². The fourth-order valence-electron chi connectivity index (χ4n) is 3.24. The van der Waals surface area contributed by atoms with Crippen LogP contribution in [0.3, 0.4) is 0 Å². The minimum absolute atomic E-state index is 0.0875. The summed E-state index contributed by atoms with van der Waals surface area (Å²) in [6, 6.07) is 15.7. The fraction of sp³-hybridized carbons (Fsp3) is 0.263. The van der Waals surface area contributed by atoms with Crippen LogP contribution in [0.15, 0.2) is 48.5 Å². The summed E-state index contributed by atoms with van der Waals surface area (Å²) in [5.41, 5.74) is 2.97. The number of benzene rings is 2. The van der Waals surface area contributed by atoms with E-state index < -0.39 is 0 Å². The van der Waals surface area contributed by atoms with Crippen molar-refractivity contribution in [2.24, 2.45) is 5.92 Å². The molecule has 1 aliphatic rings. The van der Waals surface area contributed by atoms with Gasteiger partial charge in [0.1, 0.15) is 12.4 Å². The first-order chi connectivity index (χ1) is 12.7. The van der Waals surface area contributed by atoms with E-state index in [1.165, 1.54) is 0 Å². The van der Waals surface area contributed by atoms with Crippen molar-refractivity contribution in [2.45, 2.75) is 13.0 Å². The second-order valence-electron chi connectivity index (χ2n) is 6.45. The average molecular weight is 349 g/mol. The minimum Gasteiger partial charge on any atom is -0.492 e. The molecule has 7 heteroatoms. The molecule has 1 atom stereocenters. The number of nitrogens with one attached hydrogen (secondary N) is 1.